The van der Waals surface area contributed by atoms with Gasteiger partial charge < -0.3 is 14.8 Å². The third-order valence-electron chi connectivity index (χ3n) is 3.51. The molecule has 9 heteroatoms. The minimum absolute atomic E-state index is 0.0622. The second kappa shape index (κ2) is 8.29. The fourth-order valence-electron chi connectivity index (χ4n) is 2.42. The van der Waals surface area contributed by atoms with Gasteiger partial charge in [0.15, 0.2) is 0 Å². The predicted octanol–water partition coefficient (Wildman–Crippen LogP) is 1.36. The number of carbonyl (C=O) groups is 1. The summed E-state index contributed by atoms with van der Waals surface area (Å²) in [6.45, 7) is 1.40. The van der Waals surface area contributed by atoms with E-state index in [1.54, 1.807) is 18.3 Å². The number of pyridine rings is 1. The lowest BCUT2D eigenvalue weighted by Gasteiger charge is -2.34. The standard InChI is InChI=1S/C15H20F3N3O3/c1-2-24-14-11(4-3-5-19-14)8-20-13(22)12-9-23-7-6-21(12)10-15(16,17)18/h3-5,12H,2,6-10H2,1H3,(H,20,22). The molecule has 0 radical (unpaired) electrons. The van der Waals surface area contributed by atoms with E-state index >= 15 is 0 Å². The van der Waals surface area contributed by atoms with Gasteiger partial charge in [0.1, 0.15) is 6.04 Å². The van der Waals surface area contributed by atoms with Gasteiger partial charge in [-0.1, -0.05) is 6.07 Å². The van der Waals surface area contributed by atoms with Crippen molar-refractivity contribution in [3.63, 3.8) is 0 Å². The van der Waals surface area contributed by atoms with Gasteiger partial charge in [-0.05, 0) is 13.0 Å². The molecule has 0 bridgehead atoms. The number of alkyl halides is 3. The summed E-state index contributed by atoms with van der Waals surface area (Å²) in [6, 6.07) is 2.47. The minimum atomic E-state index is -4.36. The number of carbonyl (C=O) groups excluding carboxylic acids is 1. The van der Waals surface area contributed by atoms with E-state index in [1.807, 2.05) is 6.92 Å². The molecular formula is C15H20F3N3O3. The van der Waals surface area contributed by atoms with Crippen LogP contribution in [0.2, 0.25) is 0 Å². The number of halogens is 3. The minimum Gasteiger partial charge on any atom is -0.478 e. The Morgan fingerprint density at radius 2 is 2.33 bits per heavy atom. The third-order valence-corrected chi connectivity index (χ3v) is 3.51. The van der Waals surface area contributed by atoms with Crippen molar-refractivity contribution in [2.45, 2.75) is 25.7 Å². The normalized spacial score (nSPS) is 19.1. The summed E-state index contributed by atoms with van der Waals surface area (Å²) >= 11 is 0. The van der Waals surface area contributed by atoms with Crippen molar-refractivity contribution in [1.29, 1.82) is 0 Å². The highest BCUT2D eigenvalue weighted by molar-refractivity contribution is 5.82. The first kappa shape index (κ1) is 18.5. The van der Waals surface area contributed by atoms with Gasteiger partial charge in [-0.15, -0.1) is 0 Å². The molecular weight excluding hydrogens is 327 g/mol. The Kier molecular flexibility index (Phi) is 6.38. The zero-order chi connectivity index (χ0) is 17.6. The van der Waals surface area contributed by atoms with Crippen LogP contribution in [0.15, 0.2) is 18.3 Å². The number of aromatic nitrogens is 1. The summed E-state index contributed by atoms with van der Waals surface area (Å²) < 4.78 is 48.4. The predicted molar refractivity (Wildman–Crippen MR) is 79.5 cm³/mol. The largest absolute Gasteiger partial charge is 0.478 e. The van der Waals surface area contributed by atoms with Crippen LogP contribution in [0.25, 0.3) is 0 Å². The van der Waals surface area contributed by atoms with E-state index < -0.39 is 24.7 Å². The van der Waals surface area contributed by atoms with Crippen LogP contribution in [0.5, 0.6) is 5.88 Å². The molecule has 1 amide bonds. The molecule has 2 rings (SSSR count). The first-order valence-corrected chi connectivity index (χ1v) is 7.63. The van der Waals surface area contributed by atoms with E-state index in [0.29, 0.717) is 18.1 Å². The molecule has 0 aromatic carbocycles. The first-order chi connectivity index (χ1) is 11.4. The van der Waals surface area contributed by atoms with Crippen LogP contribution < -0.4 is 10.1 Å². The first-order valence-electron chi connectivity index (χ1n) is 7.63. The molecule has 1 saturated heterocycles. The van der Waals surface area contributed by atoms with Crippen molar-refractivity contribution in [3.8, 4) is 5.88 Å². The van der Waals surface area contributed by atoms with Gasteiger partial charge in [-0.2, -0.15) is 13.2 Å². The van der Waals surface area contributed by atoms with Crippen molar-refractivity contribution >= 4 is 5.91 Å². The molecule has 0 spiro atoms. The Balaban J connectivity index is 1.97. The zero-order valence-electron chi connectivity index (χ0n) is 13.3. The maximum absolute atomic E-state index is 12.6. The monoisotopic (exact) mass is 347 g/mol. The van der Waals surface area contributed by atoms with Crippen LogP contribution in [0.1, 0.15) is 12.5 Å². The Labute approximate surface area is 137 Å². The van der Waals surface area contributed by atoms with Gasteiger partial charge in [0, 0.05) is 24.8 Å². The van der Waals surface area contributed by atoms with Crippen LogP contribution in [0.3, 0.4) is 0 Å². The lowest BCUT2D eigenvalue weighted by atomic mass is 10.2. The Hall–Kier alpha value is -1.87. The van der Waals surface area contributed by atoms with Crippen LogP contribution in [0, 0.1) is 0 Å². The summed E-state index contributed by atoms with van der Waals surface area (Å²) in [4.78, 5) is 17.4. The third kappa shape index (κ3) is 5.34. The zero-order valence-corrected chi connectivity index (χ0v) is 13.3. The van der Waals surface area contributed by atoms with E-state index in [0.717, 1.165) is 4.90 Å². The number of nitrogens with one attached hydrogen (secondary N) is 1. The number of hydrogen-bond acceptors (Lipinski definition) is 5. The highest BCUT2D eigenvalue weighted by Gasteiger charge is 2.38. The highest BCUT2D eigenvalue weighted by Crippen LogP contribution is 2.20. The van der Waals surface area contributed by atoms with E-state index in [2.05, 4.69) is 10.3 Å². The number of amides is 1. The molecule has 1 atom stereocenters. The van der Waals surface area contributed by atoms with Crippen molar-refractivity contribution < 1.29 is 27.4 Å². The fraction of sp³-hybridized carbons (Fsp3) is 0.600. The van der Waals surface area contributed by atoms with Crippen LogP contribution in [-0.2, 0) is 16.1 Å². The van der Waals surface area contributed by atoms with Gasteiger partial charge in [-0.25, -0.2) is 4.98 Å². The number of ether oxygens (including phenoxy) is 2. The van der Waals surface area contributed by atoms with Gasteiger partial charge in [-0.3, -0.25) is 9.69 Å². The number of nitrogens with zero attached hydrogens (tertiary/aromatic N) is 2. The quantitative estimate of drug-likeness (QED) is 0.842. The SMILES string of the molecule is CCOc1ncccc1CNC(=O)C1COCCN1CC(F)(F)F. The lowest BCUT2D eigenvalue weighted by Crippen LogP contribution is -2.55. The van der Waals surface area contributed by atoms with Crippen LogP contribution in [-0.4, -0.2) is 60.9 Å². The second-order valence-corrected chi connectivity index (χ2v) is 5.29. The average Bonchev–Trinajstić information content (AvgIpc) is 2.53. The molecule has 1 aliphatic rings. The van der Waals surface area contributed by atoms with Crippen molar-refractivity contribution in [3.05, 3.63) is 23.9 Å². The summed E-state index contributed by atoms with van der Waals surface area (Å²) in [6.07, 6.45) is -2.79. The molecule has 24 heavy (non-hydrogen) atoms. The van der Waals surface area contributed by atoms with E-state index in [1.165, 1.54) is 0 Å². The Morgan fingerprint density at radius 1 is 1.54 bits per heavy atom. The molecule has 6 nitrogen and oxygen atoms in total. The molecule has 1 unspecified atom stereocenters. The summed E-state index contributed by atoms with van der Waals surface area (Å²) in [7, 11) is 0. The molecule has 1 aromatic rings. The average molecular weight is 347 g/mol. The van der Waals surface area contributed by atoms with E-state index in [9.17, 15) is 18.0 Å². The fourth-order valence-corrected chi connectivity index (χ4v) is 2.42. The number of rotatable bonds is 6. The van der Waals surface area contributed by atoms with Crippen LogP contribution in [0.4, 0.5) is 13.2 Å². The van der Waals surface area contributed by atoms with Gasteiger partial charge in [0.2, 0.25) is 11.8 Å². The molecule has 134 valence electrons. The second-order valence-electron chi connectivity index (χ2n) is 5.29. The van der Waals surface area contributed by atoms with E-state index in [-0.39, 0.29) is 26.3 Å². The molecule has 2 heterocycles. The lowest BCUT2D eigenvalue weighted by molar-refractivity contribution is -0.166. The maximum atomic E-state index is 12.6. The smallest absolute Gasteiger partial charge is 0.401 e. The number of hydrogen-bond donors (Lipinski definition) is 1. The molecule has 1 aromatic heterocycles. The molecule has 0 saturated carbocycles. The van der Waals surface area contributed by atoms with Crippen LogP contribution >= 0.6 is 0 Å². The summed E-state index contributed by atoms with van der Waals surface area (Å²) in [5, 5.41) is 2.64. The molecule has 1 aliphatic heterocycles. The summed E-state index contributed by atoms with van der Waals surface area (Å²) in [5.41, 5.74) is 0.659. The molecule has 0 aliphatic carbocycles. The number of morpholine rings is 1. The van der Waals surface area contributed by atoms with Crippen molar-refractivity contribution in [1.82, 2.24) is 15.2 Å². The van der Waals surface area contributed by atoms with Gasteiger partial charge >= 0.3 is 6.18 Å². The van der Waals surface area contributed by atoms with Gasteiger partial charge in [0.05, 0.1) is 26.4 Å². The molecule has 1 N–H and O–H groups in total. The molecule has 1 fully saturated rings. The van der Waals surface area contributed by atoms with E-state index in [4.69, 9.17) is 9.47 Å². The highest BCUT2D eigenvalue weighted by atomic mass is 19.4. The van der Waals surface area contributed by atoms with Crippen molar-refractivity contribution in [2.75, 3.05) is 32.9 Å². The maximum Gasteiger partial charge on any atom is 0.401 e. The van der Waals surface area contributed by atoms with Gasteiger partial charge in [0.25, 0.3) is 0 Å². The Morgan fingerprint density at radius 3 is 3.04 bits per heavy atom. The summed E-state index contributed by atoms with van der Waals surface area (Å²) in [5.74, 6) is -0.113. The van der Waals surface area contributed by atoms with Crippen molar-refractivity contribution in [2.24, 2.45) is 0 Å². The topological polar surface area (TPSA) is 63.7 Å². The Bertz CT molecular complexity index is 554.